The van der Waals surface area contributed by atoms with Crippen molar-refractivity contribution < 1.29 is 4.39 Å². The Hall–Kier alpha value is -0.490. The summed E-state index contributed by atoms with van der Waals surface area (Å²) < 4.78 is 13.9. The van der Waals surface area contributed by atoms with E-state index in [1.165, 1.54) is 6.07 Å². The van der Waals surface area contributed by atoms with Crippen LogP contribution in [0.2, 0.25) is 0 Å². The van der Waals surface area contributed by atoms with Crippen LogP contribution in [-0.2, 0) is 6.54 Å². The van der Waals surface area contributed by atoms with Crippen LogP contribution in [0.5, 0.6) is 0 Å². The lowest BCUT2D eigenvalue weighted by Crippen LogP contribution is -2.30. The quantitative estimate of drug-likeness (QED) is 0.622. The van der Waals surface area contributed by atoms with Crippen molar-refractivity contribution in [1.82, 2.24) is 14.7 Å². The van der Waals surface area contributed by atoms with Crippen LogP contribution in [-0.4, -0.2) is 69.1 Å². The van der Waals surface area contributed by atoms with Gasteiger partial charge in [0.25, 0.3) is 0 Å². The van der Waals surface area contributed by atoms with Gasteiger partial charge in [0.15, 0.2) is 0 Å². The molecule has 0 heterocycles. The zero-order valence-corrected chi connectivity index (χ0v) is 15.9. The van der Waals surface area contributed by atoms with Crippen molar-refractivity contribution in [3.05, 3.63) is 34.1 Å². The molecule has 0 radical (unpaired) electrons. The van der Waals surface area contributed by atoms with Crippen LogP contribution in [0.3, 0.4) is 0 Å². The van der Waals surface area contributed by atoms with Crippen molar-refractivity contribution in [2.75, 3.05) is 54.4 Å². The Labute approximate surface area is 143 Å². The second-order valence-corrected chi connectivity index (χ2v) is 7.19. The molecule has 0 saturated carbocycles. The maximum Gasteiger partial charge on any atom is 0.137 e. The molecule has 0 aliphatic carbocycles. The molecule has 0 aliphatic heterocycles. The molecule has 1 aromatic carbocycles. The zero-order chi connectivity index (χ0) is 16.5. The Bertz CT molecular complexity index is 424. The predicted molar refractivity (Wildman–Crippen MR) is 95.7 cm³/mol. The second kappa shape index (κ2) is 10.3. The van der Waals surface area contributed by atoms with Crippen molar-refractivity contribution in [1.29, 1.82) is 0 Å². The van der Waals surface area contributed by atoms with Crippen LogP contribution in [0.15, 0.2) is 22.7 Å². The van der Waals surface area contributed by atoms with Gasteiger partial charge in [-0.15, -0.1) is 0 Å². The highest BCUT2D eigenvalue weighted by molar-refractivity contribution is 9.10. The molecule has 0 amide bonds. The summed E-state index contributed by atoms with van der Waals surface area (Å²) in [5, 5.41) is 0. The van der Waals surface area contributed by atoms with Gasteiger partial charge in [0.2, 0.25) is 0 Å². The Kier molecular flexibility index (Phi) is 9.17. The summed E-state index contributed by atoms with van der Waals surface area (Å²) >= 11 is 3.27. The molecule has 1 rings (SSSR count). The Morgan fingerprint density at radius 1 is 0.909 bits per heavy atom. The minimum atomic E-state index is -0.199. The highest BCUT2D eigenvalue weighted by Gasteiger charge is 2.08. The molecule has 0 fully saturated rings. The summed E-state index contributed by atoms with van der Waals surface area (Å²) in [5.41, 5.74) is 1.16. The minimum absolute atomic E-state index is 0.199. The third-order valence-electron chi connectivity index (χ3n) is 3.55. The largest absolute Gasteiger partial charge is 0.309 e. The van der Waals surface area contributed by atoms with Crippen molar-refractivity contribution in [2.24, 2.45) is 0 Å². The van der Waals surface area contributed by atoms with Gasteiger partial charge >= 0.3 is 0 Å². The molecular formula is C17H29BrFN3. The average Bonchev–Trinajstić information content (AvgIpc) is 2.42. The van der Waals surface area contributed by atoms with E-state index in [1.807, 2.05) is 12.1 Å². The van der Waals surface area contributed by atoms with Gasteiger partial charge in [-0.25, -0.2) is 4.39 Å². The van der Waals surface area contributed by atoms with E-state index in [1.54, 1.807) is 0 Å². The average molecular weight is 374 g/mol. The van der Waals surface area contributed by atoms with Crippen molar-refractivity contribution in [3.8, 4) is 0 Å². The third kappa shape index (κ3) is 8.22. The number of nitrogens with zero attached hydrogens (tertiary/aromatic N) is 3. The Balaban J connectivity index is 2.56. The number of halogens is 2. The van der Waals surface area contributed by atoms with E-state index in [2.05, 4.69) is 58.8 Å². The lowest BCUT2D eigenvalue weighted by molar-refractivity contribution is 0.234. The molecule has 0 N–H and O–H groups in total. The minimum Gasteiger partial charge on any atom is -0.309 e. The first kappa shape index (κ1) is 19.6. The maximum absolute atomic E-state index is 13.3. The van der Waals surface area contributed by atoms with E-state index >= 15 is 0 Å². The van der Waals surface area contributed by atoms with E-state index in [-0.39, 0.29) is 5.82 Å². The summed E-state index contributed by atoms with van der Waals surface area (Å²) in [5.74, 6) is -0.199. The standard InChI is InChI=1S/C17H29BrFN3/c1-20(2)9-5-11-22(12-6-10-21(3)4)14-15-7-8-17(19)16(18)13-15/h7-8,13H,5-6,9-12,14H2,1-4H3. The first-order valence-corrected chi connectivity index (χ1v) is 8.63. The predicted octanol–water partition coefficient (Wildman–Crippen LogP) is 3.29. The van der Waals surface area contributed by atoms with Gasteiger partial charge < -0.3 is 9.80 Å². The van der Waals surface area contributed by atoms with Gasteiger partial charge in [-0.2, -0.15) is 0 Å². The van der Waals surface area contributed by atoms with Crippen LogP contribution in [0.25, 0.3) is 0 Å². The van der Waals surface area contributed by atoms with Gasteiger partial charge in [0.05, 0.1) is 4.47 Å². The highest BCUT2D eigenvalue weighted by Crippen LogP contribution is 2.18. The van der Waals surface area contributed by atoms with Gasteiger partial charge in [-0.3, -0.25) is 4.90 Å². The number of rotatable bonds is 10. The second-order valence-electron chi connectivity index (χ2n) is 6.34. The SMILES string of the molecule is CN(C)CCCN(CCCN(C)C)Cc1ccc(F)c(Br)c1. The van der Waals surface area contributed by atoms with Crippen molar-refractivity contribution >= 4 is 15.9 Å². The van der Waals surface area contributed by atoms with E-state index in [9.17, 15) is 4.39 Å². The third-order valence-corrected chi connectivity index (χ3v) is 4.16. The first-order valence-electron chi connectivity index (χ1n) is 7.84. The van der Waals surface area contributed by atoms with Crippen LogP contribution in [0, 0.1) is 5.82 Å². The van der Waals surface area contributed by atoms with Gasteiger partial charge in [-0.1, -0.05) is 6.07 Å². The number of benzene rings is 1. The molecule has 0 unspecified atom stereocenters. The Morgan fingerprint density at radius 3 is 1.91 bits per heavy atom. The number of hydrogen-bond donors (Lipinski definition) is 0. The summed E-state index contributed by atoms with van der Waals surface area (Å²) in [6.07, 6.45) is 2.30. The van der Waals surface area contributed by atoms with Crippen LogP contribution >= 0.6 is 15.9 Å². The molecule has 0 aliphatic rings. The monoisotopic (exact) mass is 373 g/mol. The summed E-state index contributed by atoms with van der Waals surface area (Å²) in [6, 6.07) is 5.31. The molecule has 0 aromatic heterocycles. The van der Waals surface area contributed by atoms with Crippen molar-refractivity contribution in [3.63, 3.8) is 0 Å². The van der Waals surface area contributed by atoms with E-state index < -0.39 is 0 Å². The fourth-order valence-corrected chi connectivity index (χ4v) is 2.81. The molecule has 5 heteroatoms. The van der Waals surface area contributed by atoms with Gasteiger partial charge in [-0.05, 0) is 101 Å². The molecule has 22 heavy (non-hydrogen) atoms. The fourth-order valence-electron chi connectivity index (χ4n) is 2.39. The van der Waals surface area contributed by atoms with Crippen LogP contribution < -0.4 is 0 Å². The van der Waals surface area contributed by atoms with Gasteiger partial charge in [0, 0.05) is 6.54 Å². The molecular weight excluding hydrogens is 345 g/mol. The van der Waals surface area contributed by atoms with Crippen LogP contribution in [0.4, 0.5) is 4.39 Å². The van der Waals surface area contributed by atoms with Crippen molar-refractivity contribution in [2.45, 2.75) is 19.4 Å². The zero-order valence-electron chi connectivity index (χ0n) is 14.3. The molecule has 1 aromatic rings. The van der Waals surface area contributed by atoms with E-state index in [0.717, 1.165) is 51.1 Å². The number of hydrogen-bond acceptors (Lipinski definition) is 3. The summed E-state index contributed by atoms with van der Waals surface area (Å²) in [4.78, 5) is 6.89. The molecule has 0 saturated heterocycles. The van der Waals surface area contributed by atoms with E-state index in [4.69, 9.17) is 0 Å². The lowest BCUT2D eigenvalue weighted by atomic mass is 10.2. The van der Waals surface area contributed by atoms with E-state index in [0.29, 0.717) is 4.47 Å². The van der Waals surface area contributed by atoms with Gasteiger partial charge in [0.1, 0.15) is 5.82 Å². The molecule has 0 atom stereocenters. The molecule has 3 nitrogen and oxygen atoms in total. The fraction of sp³-hybridized carbons (Fsp3) is 0.647. The summed E-state index contributed by atoms with van der Waals surface area (Å²) in [7, 11) is 8.42. The smallest absolute Gasteiger partial charge is 0.137 e. The van der Waals surface area contributed by atoms with Crippen LogP contribution in [0.1, 0.15) is 18.4 Å². The Morgan fingerprint density at radius 2 is 1.45 bits per heavy atom. The maximum atomic E-state index is 13.3. The highest BCUT2D eigenvalue weighted by atomic mass is 79.9. The summed E-state index contributed by atoms with van der Waals surface area (Å²) in [6.45, 7) is 5.20. The molecule has 126 valence electrons. The first-order chi connectivity index (χ1) is 10.4. The lowest BCUT2D eigenvalue weighted by Gasteiger charge is -2.24. The molecule has 0 spiro atoms. The normalized spacial score (nSPS) is 11.9. The molecule has 0 bridgehead atoms. The topological polar surface area (TPSA) is 9.72 Å².